The van der Waals surface area contributed by atoms with Crippen molar-refractivity contribution < 1.29 is 9.32 Å². The number of amides is 1. The zero-order chi connectivity index (χ0) is 12.7. The maximum Gasteiger partial charge on any atom is 0.237 e. The molecule has 0 radical (unpaired) electrons. The Balaban J connectivity index is 2.26. The van der Waals surface area contributed by atoms with Crippen LogP contribution >= 0.6 is 0 Å². The largest absolute Gasteiger partial charge is 0.352 e. The number of carbonyl (C=O) groups is 1. The van der Waals surface area contributed by atoms with Gasteiger partial charge in [-0.1, -0.05) is 18.5 Å². The van der Waals surface area contributed by atoms with Crippen LogP contribution in [0.4, 0.5) is 0 Å². The van der Waals surface area contributed by atoms with Crippen molar-refractivity contribution in [2.45, 2.75) is 52.2 Å². The first kappa shape index (κ1) is 13.6. The second-order valence-corrected chi connectivity index (χ2v) is 4.15. The third-order valence-corrected chi connectivity index (χ3v) is 2.48. The van der Waals surface area contributed by atoms with E-state index in [1.54, 1.807) is 0 Å². The van der Waals surface area contributed by atoms with Gasteiger partial charge in [-0.15, -0.1) is 0 Å². The van der Waals surface area contributed by atoms with E-state index in [1.807, 2.05) is 13.8 Å². The summed E-state index contributed by atoms with van der Waals surface area (Å²) < 4.78 is 4.60. The summed E-state index contributed by atoms with van der Waals surface area (Å²) in [4.78, 5) is 15.6. The van der Waals surface area contributed by atoms with Gasteiger partial charge in [-0.2, -0.15) is 4.98 Å². The number of aromatic nitrogens is 2. The Kier molecular flexibility index (Phi) is 5.62. The van der Waals surface area contributed by atoms with Crippen molar-refractivity contribution in [1.82, 2.24) is 20.8 Å². The molecule has 1 heterocycles. The molecule has 1 rings (SSSR count). The van der Waals surface area contributed by atoms with Crippen LogP contribution in [0.3, 0.4) is 0 Å². The van der Waals surface area contributed by atoms with Gasteiger partial charge in [-0.05, 0) is 20.3 Å². The highest BCUT2D eigenvalue weighted by atomic mass is 16.5. The monoisotopic (exact) mass is 240 g/mol. The van der Waals surface area contributed by atoms with Crippen LogP contribution in [-0.4, -0.2) is 28.1 Å². The van der Waals surface area contributed by atoms with E-state index < -0.39 is 0 Å². The van der Waals surface area contributed by atoms with Gasteiger partial charge in [-0.25, -0.2) is 0 Å². The average molecular weight is 240 g/mol. The molecule has 1 amide bonds. The van der Waals surface area contributed by atoms with Crippen molar-refractivity contribution >= 4 is 5.91 Å². The second-order valence-electron chi connectivity index (χ2n) is 4.15. The standard InChI is InChI=1S/C11H20N4O2/c1-4-5-8(2)14-11(16)9(3)12-6-10-13-7-17-15-10/h7-9,12H,4-6H2,1-3H3,(H,14,16). The number of hydrogen-bond acceptors (Lipinski definition) is 5. The maximum absolute atomic E-state index is 11.7. The molecule has 6 nitrogen and oxygen atoms in total. The van der Waals surface area contributed by atoms with Crippen LogP contribution < -0.4 is 10.6 Å². The maximum atomic E-state index is 11.7. The van der Waals surface area contributed by atoms with Gasteiger partial charge in [-0.3, -0.25) is 10.1 Å². The van der Waals surface area contributed by atoms with Crippen molar-refractivity contribution in [1.29, 1.82) is 0 Å². The Morgan fingerprint density at radius 1 is 1.53 bits per heavy atom. The number of carbonyl (C=O) groups excluding carboxylic acids is 1. The SMILES string of the molecule is CCCC(C)NC(=O)C(C)NCc1ncon1. The molecular formula is C11H20N4O2. The summed E-state index contributed by atoms with van der Waals surface area (Å²) in [7, 11) is 0. The first-order valence-electron chi connectivity index (χ1n) is 5.92. The molecule has 0 aliphatic heterocycles. The normalized spacial score (nSPS) is 14.3. The van der Waals surface area contributed by atoms with Crippen molar-refractivity contribution in [3.63, 3.8) is 0 Å². The summed E-state index contributed by atoms with van der Waals surface area (Å²) in [5.41, 5.74) is 0. The van der Waals surface area contributed by atoms with Gasteiger partial charge in [0, 0.05) is 6.04 Å². The smallest absolute Gasteiger partial charge is 0.237 e. The summed E-state index contributed by atoms with van der Waals surface area (Å²) in [6.45, 7) is 6.34. The Morgan fingerprint density at radius 2 is 2.29 bits per heavy atom. The van der Waals surface area contributed by atoms with Crippen LogP contribution in [0, 0.1) is 0 Å². The predicted octanol–water partition coefficient (Wildman–Crippen LogP) is 0.852. The van der Waals surface area contributed by atoms with E-state index >= 15 is 0 Å². The van der Waals surface area contributed by atoms with Gasteiger partial charge in [0.05, 0.1) is 12.6 Å². The fourth-order valence-electron chi connectivity index (χ4n) is 1.48. The highest BCUT2D eigenvalue weighted by Crippen LogP contribution is 1.96. The molecule has 0 fully saturated rings. The van der Waals surface area contributed by atoms with Crippen LogP contribution in [0.2, 0.25) is 0 Å². The van der Waals surface area contributed by atoms with Crippen molar-refractivity contribution in [2.75, 3.05) is 0 Å². The zero-order valence-corrected chi connectivity index (χ0v) is 10.6. The fourth-order valence-corrected chi connectivity index (χ4v) is 1.48. The van der Waals surface area contributed by atoms with E-state index in [4.69, 9.17) is 0 Å². The van der Waals surface area contributed by atoms with Crippen molar-refractivity contribution in [3.8, 4) is 0 Å². The van der Waals surface area contributed by atoms with Gasteiger partial charge in [0.2, 0.25) is 12.3 Å². The lowest BCUT2D eigenvalue weighted by Gasteiger charge is -2.17. The Morgan fingerprint density at radius 3 is 2.88 bits per heavy atom. The van der Waals surface area contributed by atoms with Crippen molar-refractivity contribution in [2.24, 2.45) is 0 Å². The lowest BCUT2D eigenvalue weighted by molar-refractivity contribution is -0.123. The number of rotatable bonds is 7. The van der Waals surface area contributed by atoms with Crippen LogP contribution in [0.5, 0.6) is 0 Å². The van der Waals surface area contributed by atoms with Crippen LogP contribution in [0.1, 0.15) is 39.4 Å². The molecule has 0 spiro atoms. The van der Waals surface area contributed by atoms with Gasteiger partial charge >= 0.3 is 0 Å². The number of nitrogens with zero attached hydrogens (tertiary/aromatic N) is 2. The Bertz CT molecular complexity index is 326. The van der Waals surface area contributed by atoms with E-state index in [1.165, 1.54) is 6.39 Å². The second kappa shape index (κ2) is 7.01. The number of hydrogen-bond donors (Lipinski definition) is 2. The zero-order valence-electron chi connectivity index (χ0n) is 10.6. The molecule has 0 aliphatic carbocycles. The summed E-state index contributed by atoms with van der Waals surface area (Å²) in [6, 6.07) is -0.0604. The van der Waals surface area contributed by atoms with Gasteiger partial charge < -0.3 is 9.84 Å². The molecule has 17 heavy (non-hydrogen) atoms. The van der Waals surface area contributed by atoms with E-state index in [0.29, 0.717) is 12.4 Å². The molecule has 96 valence electrons. The van der Waals surface area contributed by atoms with Crippen LogP contribution in [0.25, 0.3) is 0 Å². The van der Waals surface area contributed by atoms with Gasteiger partial charge in [0.25, 0.3) is 0 Å². The minimum Gasteiger partial charge on any atom is -0.352 e. The van der Waals surface area contributed by atoms with Crippen LogP contribution in [-0.2, 0) is 11.3 Å². The summed E-state index contributed by atoms with van der Waals surface area (Å²) in [5.74, 6) is 0.542. The summed E-state index contributed by atoms with van der Waals surface area (Å²) >= 11 is 0. The predicted molar refractivity (Wildman–Crippen MR) is 63.1 cm³/mol. The highest BCUT2D eigenvalue weighted by molar-refractivity contribution is 5.81. The topological polar surface area (TPSA) is 80.0 Å². The molecule has 0 aromatic carbocycles. The minimum absolute atomic E-state index is 0.00514. The molecule has 0 bridgehead atoms. The molecule has 1 aromatic rings. The first-order valence-corrected chi connectivity index (χ1v) is 5.92. The minimum atomic E-state index is -0.271. The first-order chi connectivity index (χ1) is 8.13. The van der Waals surface area contributed by atoms with Crippen LogP contribution in [0.15, 0.2) is 10.9 Å². The lowest BCUT2D eigenvalue weighted by Crippen LogP contribution is -2.45. The van der Waals surface area contributed by atoms with Crippen molar-refractivity contribution in [3.05, 3.63) is 12.2 Å². The van der Waals surface area contributed by atoms with E-state index in [0.717, 1.165) is 12.8 Å². The van der Waals surface area contributed by atoms with Gasteiger partial charge in [0.1, 0.15) is 0 Å². The molecule has 0 aliphatic rings. The fraction of sp³-hybridized carbons (Fsp3) is 0.727. The summed E-state index contributed by atoms with van der Waals surface area (Å²) in [6.07, 6.45) is 3.32. The van der Waals surface area contributed by atoms with E-state index in [-0.39, 0.29) is 18.0 Å². The number of nitrogens with one attached hydrogen (secondary N) is 2. The molecular weight excluding hydrogens is 220 g/mol. The third-order valence-electron chi connectivity index (χ3n) is 2.48. The molecule has 0 saturated heterocycles. The quantitative estimate of drug-likeness (QED) is 0.738. The third kappa shape index (κ3) is 4.95. The van der Waals surface area contributed by atoms with Gasteiger partial charge in [0.15, 0.2) is 5.82 Å². The highest BCUT2D eigenvalue weighted by Gasteiger charge is 2.14. The average Bonchev–Trinajstić information content (AvgIpc) is 2.78. The lowest BCUT2D eigenvalue weighted by atomic mass is 10.2. The summed E-state index contributed by atoms with van der Waals surface area (Å²) in [5, 5.41) is 9.64. The molecule has 6 heteroatoms. The molecule has 2 unspecified atom stereocenters. The Labute approximate surface area is 101 Å². The van der Waals surface area contributed by atoms with E-state index in [9.17, 15) is 4.79 Å². The molecule has 1 aromatic heterocycles. The van der Waals surface area contributed by atoms with E-state index in [2.05, 4.69) is 32.2 Å². The Hall–Kier alpha value is -1.43. The molecule has 2 atom stereocenters. The molecule has 2 N–H and O–H groups in total. The molecule has 0 saturated carbocycles.